The van der Waals surface area contributed by atoms with Crippen molar-refractivity contribution in [3.8, 4) is 0 Å². The Bertz CT molecular complexity index is 483. The first-order chi connectivity index (χ1) is 8.23. The highest BCUT2D eigenvalue weighted by atomic mass is 35.5. The fourth-order valence-corrected chi connectivity index (χ4v) is 2.05. The fourth-order valence-electron chi connectivity index (χ4n) is 1.29. The molecule has 0 saturated heterocycles. The molecule has 0 aliphatic rings. The normalized spacial score (nSPS) is 10.9. The quantitative estimate of drug-likeness (QED) is 0.672. The molecule has 0 heterocycles. The molecule has 0 aliphatic carbocycles. The summed E-state index contributed by atoms with van der Waals surface area (Å²) < 4.78 is 5.12. The van der Waals surface area contributed by atoms with Crippen molar-refractivity contribution in [2.45, 2.75) is 26.4 Å². The van der Waals surface area contributed by atoms with E-state index in [9.17, 15) is 9.59 Å². The number of carbonyl (C=O) groups excluding carboxylic acids is 2. The molecule has 0 saturated carbocycles. The van der Waals surface area contributed by atoms with E-state index in [1.165, 1.54) is 6.07 Å². The number of hydrogen-bond acceptors (Lipinski definition) is 3. The summed E-state index contributed by atoms with van der Waals surface area (Å²) in [6, 6.07) is 3.11. The van der Waals surface area contributed by atoms with E-state index in [1.807, 2.05) is 0 Å². The first kappa shape index (κ1) is 14.9. The highest BCUT2D eigenvalue weighted by Gasteiger charge is 2.18. The van der Waals surface area contributed by atoms with Crippen LogP contribution in [-0.2, 0) is 4.74 Å². The maximum Gasteiger partial charge on any atom is 0.412 e. The Balaban J connectivity index is 2.97. The molecule has 1 aromatic carbocycles. The van der Waals surface area contributed by atoms with Crippen molar-refractivity contribution in [1.29, 1.82) is 0 Å². The summed E-state index contributed by atoms with van der Waals surface area (Å²) in [6.45, 7) is 5.28. The molecule has 4 nitrogen and oxygen atoms in total. The van der Waals surface area contributed by atoms with Crippen LogP contribution in [0.15, 0.2) is 12.1 Å². The van der Waals surface area contributed by atoms with Crippen LogP contribution in [0.5, 0.6) is 0 Å². The molecule has 0 spiro atoms. The van der Waals surface area contributed by atoms with Gasteiger partial charge in [-0.25, -0.2) is 4.79 Å². The van der Waals surface area contributed by atoms with Gasteiger partial charge in [0.05, 0.1) is 5.69 Å². The number of aldehydes is 1. The Hall–Kier alpha value is -1.12. The van der Waals surface area contributed by atoms with Crippen LogP contribution in [0.2, 0.25) is 5.02 Å². The number of nitrogens with one attached hydrogen (secondary N) is 1. The van der Waals surface area contributed by atoms with E-state index in [2.05, 4.69) is 14.6 Å². The van der Waals surface area contributed by atoms with Crippen molar-refractivity contribution in [1.82, 2.24) is 0 Å². The van der Waals surface area contributed by atoms with Crippen molar-refractivity contribution >= 4 is 44.2 Å². The van der Waals surface area contributed by atoms with Gasteiger partial charge in [-0.2, -0.15) is 0 Å². The molecule has 98 valence electrons. The van der Waals surface area contributed by atoms with Gasteiger partial charge in [0, 0.05) is 10.6 Å². The van der Waals surface area contributed by atoms with Crippen molar-refractivity contribution in [3.05, 3.63) is 22.7 Å². The van der Waals surface area contributed by atoms with E-state index in [4.69, 9.17) is 16.3 Å². The SMILES string of the molecule is CC(C)(C)OC(=O)Nc1c(P)cc(Cl)cc1C=O. The number of halogens is 1. The fraction of sp³-hybridized carbons (Fsp3) is 0.333. The zero-order chi connectivity index (χ0) is 13.9. The molecular formula is C12H15ClNO3P. The molecular weight excluding hydrogens is 273 g/mol. The monoisotopic (exact) mass is 287 g/mol. The number of hydrogen-bond donors (Lipinski definition) is 1. The third-order valence-electron chi connectivity index (χ3n) is 1.92. The lowest BCUT2D eigenvalue weighted by Crippen LogP contribution is -2.28. The van der Waals surface area contributed by atoms with Crippen molar-refractivity contribution in [3.63, 3.8) is 0 Å². The lowest BCUT2D eigenvalue weighted by atomic mass is 10.2. The Morgan fingerprint density at radius 3 is 2.56 bits per heavy atom. The first-order valence-electron chi connectivity index (χ1n) is 5.27. The van der Waals surface area contributed by atoms with Gasteiger partial charge in [0.15, 0.2) is 6.29 Å². The summed E-state index contributed by atoms with van der Waals surface area (Å²) in [6.07, 6.45) is 0.0169. The number of carbonyl (C=O) groups is 2. The molecule has 6 heteroatoms. The standard InChI is InChI=1S/C12H15ClNO3P/c1-12(2,3)17-11(16)14-10-7(6-15)4-8(13)5-9(10)18/h4-6H,18H2,1-3H3,(H,14,16). The van der Waals surface area contributed by atoms with E-state index in [0.717, 1.165) is 0 Å². The van der Waals surface area contributed by atoms with Crippen LogP contribution in [-0.4, -0.2) is 18.0 Å². The van der Waals surface area contributed by atoms with Gasteiger partial charge in [0.25, 0.3) is 0 Å². The lowest BCUT2D eigenvalue weighted by molar-refractivity contribution is 0.0636. The largest absolute Gasteiger partial charge is 0.444 e. The maximum absolute atomic E-state index is 11.6. The van der Waals surface area contributed by atoms with Gasteiger partial charge in [-0.1, -0.05) is 11.6 Å². The van der Waals surface area contributed by atoms with Gasteiger partial charge < -0.3 is 4.74 Å². The summed E-state index contributed by atoms with van der Waals surface area (Å²) in [5.74, 6) is 0. The van der Waals surface area contributed by atoms with Gasteiger partial charge in [0.1, 0.15) is 5.60 Å². The summed E-state index contributed by atoms with van der Waals surface area (Å²) in [7, 11) is 2.41. The molecule has 1 aromatic rings. The van der Waals surface area contributed by atoms with Crippen molar-refractivity contribution < 1.29 is 14.3 Å². The van der Waals surface area contributed by atoms with Crippen LogP contribution in [0, 0.1) is 0 Å². The van der Waals surface area contributed by atoms with Crippen LogP contribution in [0.3, 0.4) is 0 Å². The van der Waals surface area contributed by atoms with E-state index >= 15 is 0 Å². The molecule has 0 aliphatic heterocycles. The van der Waals surface area contributed by atoms with Crippen molar-refractivity contribution in [2.24, 2.45) is 0 Å². The summed E-state index contributed by atoms with van der Waals surface area (Å²) in [4.78, 5) is 22.6. The molecule has 18 heavy (non-hydrogen) atoms. The van der Waals surface area contributed by atoms with E-state index in [1.54, 1.807) is 26.8 Å². The number of rotatable bonds is 2. The lowest BCUT2D eigenvalue weighted by Gasteiger charge is -2.20. The zero-order valence-electron chi connectivity index (χ0n) is 10.4. The van der Waals surface area contributed by atoms with Crippen LogP contribution in [0.1, 0.15) is 31.1 Å². The first-order valence-corrected chi connectivity index (χ1v) is 6.22. The van der Waals surface area contributed by atoms with Gasteiger partial charge in [-0.15, -0.1) is 9.24 Å². The zero-order valence-corrected chi connectivity index (χ0v) is 12.3. The predicted octanol–water partition coefficient (Wildman–Crippen LogP) is 3.00. The van der Waals surface area contributed by atoms with E-state index in [-0.39, 0.29) is 0 Å². The summed E-state index contributed by atoms with van der Waals surface area (Å²) >= 11 is 5.83. The highest BCUT2D eigenvalue weighted by Crippen LogP contribution is 2.20. The minimum Gasteiger partial charge on any atom is -0.444 e. The number of benzene rings is 1. The molecule has 0 bridgehead atoms. The third-order valence-corrected chi connectivity index (χ3v) is 2.59. The Morgan fingerprint density at radius 2 is 2.06 bits per heavy atom. The topological polar surface area (TPSA) is 55.4 Å². The Labute approximate surface area is 113 Å². The Kier molecular flexibility index (Phi) is 4.71. The second-order valence-electron chi connectivity index (χ2n) is 4.70. The van der Waals surface area contributed by atoms with E-state index in [0.29, 0.717) is 27.9 Å². The minimum absolute atomic E-state index is 0.304. The number of amides is 1. The number of ether oxygens (including phenoxy) is 1. The summed E-state index contributed by atoms with van der Waals surface area (Å²) in [5, 5.41) is 3.59. The smallest absolute Gasteiger partial charge is 0.412 e. The van der Waals surface area contributed by atoms with Crippen molar-refractivity contribution in [2.75, 3.05) is 5.32 Å². The average Bonchev–Trinajstić information content (AvgIpc) is 2.18. The second kappa shape index (κ2) is 5.68. The van der Waals surface area contributed by atoms with Gasteiger partial charge in [0.2, 0.25) is 0 Å². The van der Waals surface area contributed by atoms with Gasteiger partial charge in [-0.3, -0.25) is 10.1 Å². The van der Waals surface area contributed by atoms with Gasteiger partial charge >= 0.3 is 6.09 Å². The number of anilines is 1. The molecule has 0 aromatic heterocycles. The summed E-state index contributed by atoms with van der Waals surface area (Å²) in [5.41, 5.74) is 0.0887. The van der Waals surface area contributed by atoms with Crippen LogP contribution >= 0.6 is 20.8 Å². The predicted molar refractivity (Wildman–Crippen MR) is 76.0 cm³/mol. The van der Waals surface area contributed by atoms with Gasteiger partial charge in [-0.05, 0) is 38.2 Å². The third kappa shape index (κ3) is 4.28. The molecule has 0 radical (unpaired) electrons. The van der Waals surface area contributed by atoms with Crippen LogP contribution in [0.25, 0.3) is 0 Å². The maximum atomic E-state index is 11.6. The Morgan fingerprint density at radius 1 is 1.44 bits per heavy atom. The second-order valence-corrected chi connectivity index (χ2v) is 5.76. The molecule has 1 rings (SSSR count). The van der Waals surface area contributed by atoms with Crippen LogP contribution < -0.4 is 10.6 Å². The van der Waals surface area contributed by atoms with E-state index < -0.39 is 11.7 Å². The molecule has 1 N–H and O–H groups in total. The highest BCUT2D eigenvalue weighted by molar-refractivity contribution is 7.28. The minimum atomic E-state index is -0.614. The molecule has 1 amide bonds. The average molecular weight is 288 g/mol. The molecule has 0 fully saturated rings. The molecule has 1 atom stereocenters. The molecule has 1 unspecified atom stereocenters. The van der Waals surface area contributed by atoms with Crippen LogP contribution in [0.4, 0.5) is 10.5 Å².